The molecule has 0 aromatic carbocycles. The minimum atomic E-state index is -0.744. The number of halogens is 1. The monoisotopic (exact) mass is 335 g/mol. The maximum absolute atomic E-state index is 11.9. The molecule has 16 heavy (non-hydrogen) atoms. The molecule has 1 aromatic heterocycles. The van der Waals surface area contributed by atoms with Gasteiger partial charge in [0.15, 0.2) is 5.78 Å². The molecule has 0 fully saturated rings. The van der Waals surface area contributed by atoms with Crippen LogP contribution in [0.3, 0.4) is 0 Å². The number of hydrogen-bond acceptors (Lipinski definition) is 3. The van der Waals surface area contributed by atoms with Crippen LogP contribution in [0.5, 0.6) is 0 Å². The molecule has 1 amide bonds. The molecule has 0 unspecified atom stereocenters. The van der Waals surface area contributed by atoms with Crippen molar-refractivity contribution in [1.82, 2.24) is 15.1 Å². The molecule has 0 aliphatic heterocycles. The van der Waals surface area contributed by atoms with Gasteiger partial charge in [-0.25, -0.2) is 0 Å². The zero-order valence-electron chi connectivity index (χ0n) is 9.45. The fraction of sp³-hybridized carbons (Fsp3) is 0.500. The third-order valence-electron chi connectivity index (χ3n) is 2.30. The Morgan fingerprint density at radius 2 is 2.19 bits per heavy atom. The Balaban J connectivity index is 2.77. The highest BCUT2D eigenvalue weighted by molar-refractivity contribution is 14.1. The second-order valence-corrected chi connectivity index (χ2v) is 5.24. The van der Waals surface area contributed by atoms with Gasteiger partial charge in [-0.2, -0.15) is 5.10 Å². The molecule has 1 aromatic rings. The smallest absolute Gasteiger partial charge is 0.217 e. The fourth-order valence-electron chi connectivity index (χ4n) is 1.16. The van der Waals surface area contributed by atoms with Gasteiger partial charge in [-0.15, -0.1) is 0 Å². The van der Waals surface area contributed by atoms with E-state index in [9.17, 15) is 9.59 Å². The summed E-state index contributed by atoms with van der Waals surface area (Å²) in [7, 11) is 0. The Hall–Kier alpha value is -0.920. The molecule has 0 atom stereocenters. The Labute approximate surface area is 108 Å². The number of nitrogens with zero attached hydrogens (tertiary/aromatic N) is 2. The Kier molecular flexibility index (Phi) is 4.06. The number of nitrogens with one attached hydrogen (secondary N) is 1. The van der Waals surface area contributed by atoms with E-state index in [2.05, 4.69) is 33.0 Å². The number of carbonyl (C=O) groups is 2. The number of amides is 1. The number of rotatable bonds is 4. The van der Waals surface area contributed by atoms with Crippen LogP contribution in [0.2, 0.25) is 0 Å². The van der Waals surface area contributed by atoms with E-state index in [1.54, 1.807) is 30.9 Å². The molecular formula is C10H14IN3O2. The van der Waals surface area contributed by atoms with Crippen molar-refractivity contribution in [3.8, 4) is 0 Å². The molecule has 0 aliphatic rings. The van der Waals surface area contributed by atoms with Gasteiger partial charge < -0.3 is 5.32 Å². The average Bonchev–Trinajstić information content (AvgIpc) is 2.61. The van der Waals surface area contributed by atoms with Gasteiger partial charge in [0.25, 0.3) is 0 Å². The van der Waals surface area contributed by atoms with Gasteiger partial charge in [-0.3, -0.25) is 14.3 Å². The first-order valence-corrected chi connectivity index (χ1v) is 5.90. The molecule has 0 bridgehead atoms. The maximum Gasteiger partial charge on any atom is 0.217 e. The third kappa shape index (κ3) is 3.03. The Morgan fingerprint density at radius 1 is 1.56 bits per heavy atom. The molecule has 1 rings (SSSR count). The van der Waals surface area contributed by atoms with Gasteiger partial charge in [0.2, 0.25) is 5.91 Å². The van der Waals surface area contributed by atoms with E-state index < -0.39 is 5.54 Å². The summed E-state index contributed by atoms with van der Waals surface area (Å²) < 4.78 is 2.58. The minimum Gasteiger partial charge on any atom is -0.349 e. The molecule has 0 radical (unpaired) electrons. The molecule has 0 saturated carbocycles. The zero-order chi connectivity index (χ0) is 12.3. The van der Waals surface area contributed by atoms with Crippen molar-refractivity contribution in [2.45, 2.75) is 26.3 Å². The van der Waals surface area contributed by atoms with Crippen LogP contribution in [0.15, 0.2) is 12.4 Å². The van der Waals surface area contributed by atoms with Crippen LogP contribution in [0, 0.1) is 3.57 Å². The summed E-state index contributed by atoms with van der Waals surface area (Å²) in [4.78, 5) is 22.6. The summed E-state index contributed by atoms with van der Waals surface area (Å²) in [5, 5.41) is 6.61. The van der Waals surface area contributed by atoms with Gasteiger partial charge >= 0.3 is 0 Å². The second kappa shape index (κ2) is 4.94. The fourth-order valence-corrected chi connectivity index (χ4v) is 1.54. The summed E-state index contributed by atoms with van der Waals surface area (Å²) in [5.41, 5.74) is -0.744. The van der Waals surface area contributed by atoms with Crippen LogP contribution < -0.4 is 5.32 Å². The van der Waals surface area contributed by atoms with E-state index in [4.69, 9.17) is 0 Å². The highest BCUT2D eigenvalue weighted by Crippen LogP contribution is 2.16. The largest absolute Gasteiger partial charge is 0.349 e. The van der Waals surface area contributed by atoms with Gasteiger partial charge in [0.1, 0.15) is 5.54 Å². The predicted octanol–water partition coefficient (Wildman–Crippen LogP) is 0.928. The van der Waals surface area contributed by atoms with E-state index in [-0.39, 0.29) is 18.2 Å². The SMILES string of the molecule is CC(=O)NCC(=O)C(C)(C)n1cc(I)cn1. The van der Waals surface area contributed by atoms with Crippen LogP contribution in [0.4, 0.5) is 0 Å². The van der Waals surface area contributed by atoms with Gasteiger partial charge in [0, 0.05) is 13.1 Å². The quantitative estimate of drug-likeness (QED) is 0.833. The molecule has 6 heteroatoms. The van der Waals surface area contributed by atoms with Crippen LogP contribution in [0.1, 0.15) is 20.8 Å². The summed E-state index contributed by atoms with van der Waals surface area (Å²) in [5.74, 6) is -0.290. The number of carbonyl (C=O) groups excluding carboxylic acids is 2. The first-order chi connectivity index (χ1) is 7.34. The lowest BCUT2D eigenvalue weighted by Gasteiger charge is -2.23. The Morgan fingerprint density at radius 3 is 2.62 bits per heavy atom. The van der Waals surface area contributed by atoms with Crippen molar-refractivity contribution in [1.29, 1.82) is 0 Å². The average molecular weight is 335 g/mol. The van der Waals surface area contributed by atoms with Crippen molar-refractivity contribution < 1.29 is 9.59 Å². The molecule has 1 heterocycles. The van der Waals surface area contributed by atoms with E-state index in [1.165, 1.54) is 6.92 Å². The molecule has 0 saturated heterocycles. The lowest BCUT2D eigenvalue weighted by molar-refractivity contribution is -0.128. The number of ketones is 1. The van der Waals surface area contributed by atoms with Crippen molar-refractivity contribution in [2.75, 3.05) is 6.54 Å². The first kappa shape index (κ1) is 13.1. The van der Waals surface area contributed by atoms with Crippen LogP contribution in [-0.4, -0.2) is 28.0 Å². The highest BCUT2D eigenvalue weighted by Gasteiger charge is 2.30. The summed E-state index contributed by atoms with van der Waals surface area (Å²) in [6.45, 7) is 4.97. The van der Waals surface area contributed by atoms with Crippen molar-refractivity contribution in [3.05, 3.63) is 16.0 Å². The van der Waals surface area contributed by atoms with E-state index in [1.807, 2.05) is 0 Å². The van der Waals surface area contributed by atoms with Crippen LogP contribution in [-0.2, 0) is 15.1 Å². The molecule has 1 N–H and O–H groups in total. The molecule has 5 nitrogen and oxygen atoms in total. The number of aromatic nitrogens is 2. The summed E-state index contributed by atoms with van der Waals surface area (Å²) in [6.07, 6.45) is 3.49. The first-order valence-electron chi connectivity index (χ1n) is 4.82. The lowest BCUT2D eigenvalue weighted by atomic mass is 9.99. The predicted molar refractivity (Wildman–Crippen MR) is 68.0 cm³/mol. The third-order valence-corrected chi connectivity index (χ3v) is 2.86. The van der Waals surface area contributed by atoms with Gasteiger partial charge in [0.05, 0.1) is 16.3 Å². The van der Waals surface area contributed by atoms with Crippen LogP contribution >= 0.6 is 22.6 Å². The zero-order valence-corrected chi connectivity index (χ0v) is 11.6. The van der Waals surface area contributed by atoms with Gasteiger partial charge in [-0.05, 0) is 36.4 Å². The molecule has 0 spiro atoms. The number of hydrogen-bond donors (Lipinski definition) is 1. The molecule has 88 valence electrons. The summed E-state index contributed by atoms with van der Waals surface area (Å²) in [6, 6.07) is 0. The maximum atomic E-state index is 11.9. The van der Waals surface area contributed by atoms with Crippen molar-refractivity contribution in [3.63, 3.8) is 0 Å². The molecular weight excluding hydrogens is 321 g/mol. The summed E-state index contributed by atoms with van der Waals surface area (Å²) >= 11 is 2.13. The van der Waals surface area contributed by atoms with E-state index in [0.717, 1.165) is 3.57 Å². The second-order valence-electron chi connectivity index (χ2n) is 4.00. The van der Waals surface area contributed by atoms with Crippen molar-refractivity contribution >= 4 is 34.3 Å². The van der Waals surface area contributed by atoms with Crippen LogP contribution in [0.25, 0.3) is 0 Å². The van der Waals surface area contributed by atoms with E-state index in [0.29, 0.717) is 0 Å². The molecule has 0 aliphatic carbocycles. The van der Waals surface area contributed by atoms with E-state index >= 15 is 0 Å². The minimum absolute atomic E-state index is 0.0266. The topological polar surface area (TPSA) is 64.0 Å². The standard InChI is InChI=1S/C10H14IN3O2/c1-7(15)12-5-9(16)10(2,3)14-6-8(11)4-13-14/h4,6H,5H2,1-3H3,(H,12,15). The number of Topliss-reactive ketones (excluding diaryl/α,β-unsaturated/α-hetero) is 1. The highest BCUT2D eigenvalue weighted by atomic mass is 127. The van der Waals surface area contributed by atoms with Crippen molar-refractivity contribution in [2.24, 2.45) is 0 Å². The lowest BCUT2D eigenvalue weighted by Crippen LogP contribution is -2.42. The van der Waals surface area contributed by atoms with Gasteiger partial charge in [-0.1, -0.05) is 0 Å². The normalized spacial score (nSPS) is 11.2. The Bertz CT molecular complexity index is 412.